The average molecular weight is 302 g/mol. The van der Waals surface area contributed by atoms with E-state index in [1.54, 1.807) is 11.3 Å². The molecule has 0 amide bonds. The van der Waals surface area contributed by atoms with Crippen molar-refractivity contribution in [2.24, 2.45) is 0 Å². The second kappa shape index (κ2) is 6.45. The van der Waals surface area contributed by atoms with E-state index < -0.39 is 0 Å². The molecule has 1 aromatic carbocycles. The van der Waals surface area contributed by atoms with Gasteiger partial charge < -0.3 is 10.6 Å². The molecule has 21 heavy (non-hydrogen) atoms. The number of nitrogens with two attached hydrogens (primary N) is 1. The lowest BCUT2D eigenvalue weighted by Gasteiger charge is -2.36. The van der Waals surface area contributed by atoms with Gasteiger partial charge in [-0.3, -0.25) is 4.90 Å². The first kappa shape index (κ1) is 14.4. The van der Waals surface area contributed by atoms with Crippen LogP contribution in [0.25, 0.3) is 0 Å². The van der Waals surface area contributed by atoms with Crippen LogP contribution < -0.4 is 10.6 Å². The predicted octanol–water partition coefficient (Wildman–Crippen LogP) is 2.40. The lowest BCUT2D eigenvalue weighted by atomic mass is 10.2. The van der Waals surface area contributed by atoms with Crippen LogP contribution in [0.3, 0.4) is 0 Å². The second-order valence-electron chi connectivity index (χ2n) is 5.47. The maximum Gasteiger partial charge on any atom is 0.180 e. The summed E-state index contributed by atoms with van der Waals surface area (Å²) >= 11 is 1.63. The third-order valence-electron chi connectivity index (χ3n) is 4.06. The minimum Gasteiger partial charge on any atom is -0.375 e. The van der Waals surface area contributed by atoms with Gasteiger partial charge in [0.05, 0.1) is 5.69 Å². The molecule has 0 atom stereocenters. The number of nitrogens with zero attached hydrogens (tertiary/aromatic N) is 3. The number of benzene rings is 1. The van der Waals surface area contributed by atoms with E-state index in [4.69, 9.17) is 5.73 Å². The Morgan fingerprint density at radius 3 is 2.48 bits per heavy atom. The molecular formula is C16H22N4S. The number of piperazine rings is 1. The molecule has 0 bridgehead atoms. The Hall–Kier alpha value is -1.59. The number of nitrogen functional groups attached to an aromatic ring is 1. The molecule has 1 fully saturated rings. The Balaban J connectivity index is 1.49. The Morgan fingerprint density at radius 1 is 1.14 bits per heavy atom. The van der Waals surface area contributed by atoms with Crippen molar-refractivity contribution in [3.05, 3.63) is 40.9 Å². The van der Waals surface area contributed by atoms with E-state index in [1.165, 1.54) is 10.6 Å². The number of aromatic nitrogens is 1. The third kappa shape index (κ3) is 3.54. The van der Waals surface area contributed by atoms with Gasteiger partial charge in [-0.05, 0) is 25.5 Å². The van der Waals surface area contributed by atoms with Gasteiger partial charge in [0.2, 0.25) is 0 Å². The number of thiazole rings is 1. The quantitative estimate of drug-likeness (QED) is 0.942. The highest BCUT2D eigenvalue weighted by molar-refractivity contribution is 7.15. The molecule has 2 N–H and O–H groups in total. The standard InChI is InChI=1S/C16H22N4S/c1-13-15(21-16(17)18-13)7-8-19-9-11-20(12-10-19)14-5-3-2-4-6-14/h2-6H,7-12H2,1H3,(H2,17,18). The summed E-state index contributed by atoms with van der Waals surface area (Å²) in [5.41, 5.74) is 8.19. The summed E-state index contributed by atoms with van der Waals surface area (Å²) in [5, 5.41) is 0.691. The second-order valence-corrected chi connectivity index (χ2v) is 6.59. The van der Waals surface area contributed by atoms with E-state index in [9.17, 15) is 0 Å². The lowest BCUT2D eigenvalue weighted by Crippen LogP contribution is -2.46. The van der Waals surface area contributed by atoms with E-state index in [-0.39, 0.29) is 0 Å². The lowest BCUT2D eigenvalue weighted by molar-refractivity contribution is 0.261. The van der Waals surface area contributed by atoms with Gasteiger partial charge in [-0.2, -0.15) is 0 Å². The van der Waals surface area contributed by atoms with Crippen LogP contribution in [-0.2, 0) is 6.42 Å². The average Bonchev–Trinajstić information content (AvgIpc) is 2.84. The summed E-state index contributed by atoms with van der Waals surface area (Å²) in [6, 6.07) is 10.7. The van der Waals surface area contributed by atoms with E-state index >= 15 is 0 Å². The van der Waals surface area contributed by atoms with Crippen LogP contribution in [0.2, 0.25) is 0 Å². The topological polar surface area (TPSA) is 45.4 Å². The molecule has 1 saturated heterocycles. The summed E-state index contributed by atoms with van der Waals surface area (Å²) < 4.78 is 0. The Bertz CT molecular complexity index is 573. The Kier molecular flexibility index (Phi) is 4.41. The zero-order valence-electron chi connectivity index (χ0n) is 12.5. The molecule has 3 rings (SSSR count). The molecule has 0 saturated carbocycles. The van der Waals surface area contributed by atoms with Crippen LogP contribution in [0.4, 0.5) is 10.8 Å². The van der Waals surface area contributed by atoms with Crippen LogP contribution in [0.5, 0.6) is 0 Å². The van der Waals surface area contributed by atoms with Crippen LogP contribution in [0, 0.1) is 6.92 Å². The molecule has 1 aliphatic rings. The van der Waals surface area contributed by atoms with Crippen molar-refractivity contribution in [1.82, 2.24) is 9.88 Å². The van der Waals surface area contributed by atoms with Crippen molar-refractivity contribution in [2.45, 2.75) is 13.3 Å². The summed E-state index contributed by atoms with van der Waals surface area (Å²) in [5.74, 6) is 0. The normalized spacial score (nSPS) is 16.3. The number of rotatable bonds is 4. The van der Waals surface area contributed by atoms with E-state index in [2.05, 4.69) is 52.0 Å². The van der Waals surface area contributed by atoms with Crippen molar-refractivity contribution in [3.8, 4) is 0 Å². The number of para-hydroxylation sites is 1. The minimum absolute atomic E-state index is 0.691. The fourth-order valence-electron chi connectivity index (χ4n) is 2.81. The first-order valence-corrected chi connectivity index (χ1v) is 8.28. The van der Waals surface area contributed by atoms with Gasteiger partial charge in [0.15, 0.2) is 5.13 Å². The van der Waals surface area contributed by atoms with E-state index in [0.29, 0.717) is 5.13 Å². The molecule has 0 aliphatic carbocycles. The van der Waals surface area contributed by atoms with Crippen molar-refractivity contribution in [3.63, 3.8) is 0 Å². The molecule has 2 aromatic rings. The van der Waals surface area contributed by atoms with Crippen molar-refractivity contribution in [2.75, 3.05) is 43.4 Å². The van der Waals surface area contributed by atoms with Crippen molar-refractivity contribution < 1.29 is 0 Å². The molecule has 2 heterocycles. The minimum atomic E-state index is 0.691. The summed E-state index contributed by atoms with van der Waals surface area (Å²) in [7, 11) is 0. The molecule has 4 nitrogen and oxygen atoms in total. The Labute approximate surface area is 130 Å². The summed E-state index contributed by atoms with van der Waals surface area (Å²) in [4.78, 5) is 10.6. The molecule has 0 unspecified atom stereocenters. The van der Waals surface area contributed by atoms with E-state index in [0.717, 1.165) is 44.8 Å². The highest BCUT2D eigenvalue weighted by Crippen LogP contribution is 2.21. The van der Waals surface area contributed by atoms with Crippen LogP contribution in [0.15, 0.2) is 30.3 Å². The zero-order chi connectivity index (χ0) is 14.7. The number of anilines is 2. The Morgan fingerprint density at radius 2 is 1.86 bits per heavy atom. The molecule has 1 aromatic heterocycles. The molecule has 0 spiro atoms. The largest absolute Gasteiger partial charge is 0.375 e. The fourth-order valence-corrected chi connectivity index (χ4v) is 3.63. The van der Waals surface area contributed by atoms with Gasteiger partial charge in [-0.1, -0.05) is 18.2 Å². The van der Waals surface area contributed by atoms with Gasteiger partial charge in [-0.25, -0.2) is 4.98 Å². The van der Waals surface area contributed by atoms with Gasteiger partial charge in [0, 0.05) is 43.3 Å². The van der Waals surface area contributed by atoms with Crippen LogP contribution in [0.1, 0.15) is 10.6 Å². The monoisotopic (exact) mass is 302 g/mol. The van der Waals surface area contributed by atoms with Crippen LogP contribution >= 0.6 is 11.3 Å². The number of aryl methyl sites for hydroxylation is 1. The fraction of sp³-hybridized carbons (Fsp3) is 0.438. The molecular weight excluding hydrogens is 280 g/mol. The van der Waals surface area contributed by atoms with Gasteiger partial charge in [0.25, 0.3) is 0 Å². The van der Waals surface area contributed by atoms with Gasteiger partial charge >= 0.3 is 0 Å². The number of hydrogen-bond acceptors (Lipinski definition) is 5. The highest BCUT2D eigenvalue weighted by Gasteiger charge is 2.17. The zero-order valence-corrected chi connectivity index (χ0v) is 13.3. The van der Waals surface area contributed by atoms with Gasteiger partial charge in [-0.15, -0.1) is 11.3 Å². The molecule has 1 aliphatic heterocycles. The number of hydrogen-bond donors (Lipinski definition) is 1. The maximum absolute atomic E-state index is 5.76. The van der Waals surface area contributed by atoms with Crippen molar-refractivity contribution >= 4 is 22.2 Å². The highest BCUT2D eigenvalue weighted by atomic mass is 32.1. The van der Waals surface area contributed by atoms with E-state index in [1.807, 2.05) is 0 Å². The predicted molar refractivity (Wildman–Crippen MR) is 90.1 cm³/mol. The molecule has 0 radical (unpaired) electrons. The summed E-state index contributed by atoms with van der Waals surface area (Å²) in [6.45, 7) is 7.62. The van der Waals surface area contributed by atoms with Gasteiger partial charge in [0.1, 0.15) is 0 Å². The SMILES string of the molecule is Cc1nc(N)sc1CCN1CCN(c2ccccc2)CC1. The first-order valence-electron chi connectivity index (χ1n) is 7.46. The maximum atomic E-state index is 5.76. The smallest absolute Gasteiger partial charge is 0.180 e. The van der Waals surface area contributed by atoms with Crippen molar-refractivity contribution in [1.29, 1.82) is 0 Å². The third-order valence-corrected chi connectivity index (χ3v) is 5.10. The molecule has 5 heteroatoms. The molecule has 112 valence electrons. The van der Waals surface area contributed by atoms with Crippen LogP contribution in [-0.4, -0.2) is 42.6 Å². The summed E-state index contributed by atoms with van der Waals surface area (Å²) in [6.07, 6.45) is 1.06. The first-order chi connectivity index (χ1) is 10.2.